The molecule has 0 aliphatic rings. The molecule has 0 saturated carbocycles. The van der Waals surface area contributed by atoms with E-state index in [9.17, 15) is 4.79 Å². The number of halogens is 2. The Morgan fingerprint density at radius 2 is 2.00 bits per heavy atom. The van der Waals surface area contributed by atoms with Crippen LogP contribution in [0.15, 0.2) is 46.8 Å². The molecular formula is C17H13Cl2N3OS2. The molecule has 3 rings (SSSR count). The van der Waals surface area contributed by atoms with Gasteiger partial charge in [0, 0.05) is 10.8 Å². The van der Waals surface area contributed by atoms with Crippen LogP contribution in [0.5, 0.6) is 0 Å². The molecule has 4 nitrogen and oxygen atoms in total. The van der Waals surface area contributed by atoms with Gasteiger partial charge >= 0.3 is 0 Å². The largest absolute Gasteiger partial charge is 0.296 e. The van der Waals surface area contributed by atoms with Crippen molar-refractivity contribution in [3.8, 4) is 0 Å². The Morgan fingerprint density at radius 1 is 1.20 bits per heavy atom. The van der Waals surface area contributed by atoms with Crippen LogP contribution in [0.1, 0.15) is 21.5 Å². The third-order valence-electron chi connectivity index (χ3n) is 3.41. The minimum absolute atomic E-state index is 0.304. The van der Waals surface area contributed by atoms with E-state index in [1.807, 2.05) is 12.1 Å². The number of rotatable bonds is 5. The SMILES string of the molecule is Cc1ccccc1CSc1nnc(NC(=O)c2cc(Cl)ccc2Cl)s1. The normalized spacial score (nSPS) is 10.7. The van der Waals surface area contributed by atoms with Crippen molar-refractivity contribution < 1.29 is 4.79 Å². The summed E-state index contributed by atoms with van der Waals surface area (Å²) in [6, 6.07) is 12.9. The summed E-state index contributed by atoms with van der Waals surface area (Å²) < 4.78 is 0.788. The zero-order valence-corrected chi connectivity index (χ0v) is 16.3. The van der Waals surface area contributed by atoms with E-state index in [0.29, 0.717) is 20.7 Å². The molecule has 8 heteroatoms. The fourth-order valence-corrected chi connectivity index (χ4v) is 4.26. The number of carbonyl (C=O) groups excluding carboxylic acids is 1. The van der Waals surface area contributed by atoms with Crippen molar-refractivity contribution in [2.24, 2.45) is 0 Å². The van der Waals surface area contributed by atoms with E-state index in [1.54, 1.807) is 23.9 Å². The summed E-state index contributed by atoms with van der Waals surface area (Å²) in [5.41, 5.74) is 2.79. The van der Waals surface area contributed by atoms with Gasteiger partial charge in [-0.05, 0) is 36.2 Å². The molecule has 0 bridgehead atoms. The molecule has 0 saturated heterocycles. The fourth-order valence-electron chi connectivity index (χ4n) is 2.07. The summed E-state index contributed by atoms with van der Waals surface area (Å²) in [7, 11) is 0. The molecule has 0 spiro atoms. The average molecular weight is 410 g/mol. The molecule has 2 aromatic carbocycles. The van der Waals surface area contributed by atoms with E-state index in [-0.39, 0.29) is 5.91 Å². The molecule has 1 heterocycles. The first-order chi connectivity index (χ1) is 12.0. The van der Waals surface area contributed by atoms with Crippen molar-refractivity contribution >= 4 is 57.3 Å². The molecule has 3 aromatic rings. The van der Waals surface area contributed by atoms with Gasteiger partial charge in [-0.1, -0.05) is 70.6 Å². The van der Waals surface area contributed by atoms with Crippen molar-refractivity contribution in [2.75, 3.05) is 5.32 Å². The lowest BCUT2D eigenvalue weighted by Crippen LogP contribution is -2.12. The number of hydrogen-bond acceptors (Lipinski definition) is 5. The van der Waals surface area contributed by atoms with Crippen molar-refractivity contribution in [3.05, 3.63) is 69.2 Å². The number of benzene rings is 2. The summed E-state index contributed by atoms with van der Waals surface area (Å²) in [5, 5.41) is 12.0. The van der Waals surface area contributed by atoms with Gasteiger partial charge in [0.25, 0.3) is 5.91 Å². The van der Waals surface area contributed by atoms with E-state index in [1.165, 1.54) is 28.5 Å². The van der Waals surface area contributed by atoms with Gasteiger partial charge in [0.05, 0.1) is 10.6 Å². The maximum Gasteiger partial charge on any atom is 0.259 e. The number of anilines is 1. The molecule has 1 amide bonds. The first kappa shape index (κ1) is 18.2. The maximum absolute atomic E-state index is 12.3. The lowest BCUT2D eigenvalue weighted by Gasteiger charge is -2.04. The summed E-state index contributed by atoms with van der Waals surface area (Å²) >= 11 is 14.9. The van der Waals surface area contributed by atoms with Crippen LogP contribution in [0.3, 0.4) is 0 Å². The summed E-state index contributed by atoms with van der Waals surface area (Å²) in [4.78, 5) is 12.3. The Bertz CT molecular complexity index is 914. The van der Waals surface area contributed by atoms with Crippen molar-refractivity contribution in [1.29, 1.82) is 0 Å². The molecular weight excluding hydrogens is 397 g/mol. The second-order valence-electron chi connectivity index (χ2n) is 5.17. The highest BCUT2D eigenvalue weighted by molar-refractivity contribution is 8.00. The van der Waals surface area contributed by atoms with E-state index in [0.717, 1.165) is 10.1 Å². The molecule has 0 aliphatic heterocycles. The Hall–Kier alpha value is -1.60. The summed E-state index contributed by atoms with van der Waals surface area (Å²) in [5.74, 6) is 0.439. The molecule has 0 aliphatic carbocycles. The number of nitrogens with zero attached hydrogens (tertiary/aromatic N) is 2. The third-order valence-corrected chi connectivity index (χ3v) is 6.00. The Labute approximate surface area is 163 Å². The fraction of sp³-hybridized carbons (Fsp3) is 0.118. The number of aryl methyl sites for hydroxylation is 1. The second kappa shape index (κ2) is 8.19. The van der Waals surface area contributed by atoms with E-state index >= 15 is 0 Å². The Morgan fingerprint density at radius 3 is 2.80 bits per heavy atom. The highest BCUT2D eigenvalue weighted by Gasteiger charge is 2.14. The molecule has 1 aromatic heterocycles. The Balaban J connectivity index is 1.64. The lowest BCUT2D eigenvalue weighted by molar-refractivity contribution is 0.102. The minimum Gasteiger partial charge on any atom is -0.296 e. The number of hydrogen-bond donors (Lipinski definition) is 1. The van der Waals surface area contributed by atoms with Gasteiger partial charge in [-0.15, -0.1) is 10.2 Å². The van der Waals surface area contributed by atoms with Crippen LogP contribution < -0.4 is 5.32 Å². The van der Waals surface area contributed by atoms with Crippen LogP contribution in [0.4, 0.5) is 5.13 Å². The van der Waals surface area contributed by atoms with E-state index < -0.39 is 0 Å². The standard InChI is InChI=1S/C17H13Cl2N3OS2/c1-10-4-2-3-5-11(10)9-24-17-22-21-16(25-17)20-15(23)13-8-12(18)6-7-14(13)19/h2-8H,9H2,1H3,(H,20,21,23). The van der Waals surface area contributed by atoms with E-state index in [2.05, 4.69) is 34.6 Å². The van der Waals surface area contributed by atoms with E-state index in [4.69, 9.17) is 23.2 Å². The summed E-state index contributed by atoms with van der Waals surface area (Å²) in [6.07, 6.45) is 0. The highest BCUT2D eigenvalue weighted by atomic mass is 35.5. The first-order valence-electron chi connectivity index (χ1n) is 7.30. The maximum atomic E-state index is 12.3. The monoisotopic (exact) mass is 409 g/mol. The lowest BCUT2D eigenvalue weighted by atomic mass is 10.1. The van der Waals surface area contributed by atoms with Crippen LogP contribution in [0, 0.1) is 6.92 Å². The highest BCUT2D eigenvalue weighted by Crippen LogP contribution is 2.30. The van der Waals surface area contributed by atoms with Crippen LogP contribution >= 0.6 is 46.3 Å². The first-order valence-corrected chi connectivity index (χ1v) is 9.86. The zero-order valence-electron chi connectivity index (χ0n) is 13.1. The van der Waals surface area contributed by atoms with Crippen LogP contribution in [0.25, 0.3) is 0 Å². The van der Waals surface area contributed by atoms with Gasteiger partial charge in [0.2, 0.25) is 5.13 Å². The van der Waals surface area contributed by atoms with Crippen molar-refractivity contribution in [3.63, 3.8) is 0 Å². The van der Waals surface area contributed by atoms with Crippen LogP contribution in [-0.4, -0.2) is 16.1 Å². The minimum atomic E-state index is -0.362. The number of nitrogens with one attached hydrogen (secondary N) is 1. The predicted molar refractivity (Wildman–Crippen MR) is 105 cm³/mol. The van der Waals surface area contributed by atoms with Gasteiger partial charge in [0.15, 0.2) is 4.34 Å². The number of carbonyl (C=O) groups is 1. The number of amides is 1. The molecule has 128 valence electrons. The quantitative estimate of drug-likeness (QED) is 0.433. The van der Waals surface area contributed by atoms with Crippen LogP contribution in [0.2, 0.25) is 10.0 Å². The van der Waals surface area contributed by atoms with Gasteiger partial charge in [-0.3, -0.25) is 10.1 Å². The third kappa shape index (κ3) is 4.73. The van der Waals surface area contributed by atoms with Crippen molar-refractivity contribution in [1.82, 2.24) is 10.2 Å². The smallest absolute Gasteiger partial charge is 0.259 e. The predicted octanol–water partition coefficient (Wildman–Crippen LogP) is 5.70. The molecule has 0 unspecified atom stereocenters. The van der Waals surface area contributed by atoms with Gasteiger partial charge in [0.1, 0.15) is 0 Å². The van der Waals surface area contributed by atoms with Crippen LogP contribution in [-0.2, 0) is 5.75 Å². The zero-order chi connectivity index (χ0) is 17.8. The van der Waals surface area contributed by atoms with Gasteiger partial charge < -0.3 is 0 Å². The molecule has 1 N–H and O–H groups in total. The van der Waals surface area contributed by atoms with Crippen molar-refractivity contribution in [2.45, 2.75) is 17.0 Å². The second-order valence-corrected chi connectivity index (χ2v) is 8.21. The average Bonchev–Trinajstić information content (AvgIpc) is 3.03. The number of aromatic nitrogens is 2. The Kier molecular flexibility index (Phi) is 5.96. The molecule has 0 atom stereocenters. The van der Waals surface area contributed by atoms with Gasteiger partial charge in [-0.2, -0.15) is 0 Å². The molecule has 0 radical (unpaired) electrons. The summed E-state index contributed by atoms with van der Waals surface area (Å²) in [6.45, 7) is 2.08. The topological polar surface area (TPSA) is 54.9 Å². The van der Waals surface area contributed by atoms with Gasteiger partial charge in [-0.25, -0.2) is 0 Å². The number of thioether (sulfide) groups is 1. The molecule has 0 fully saturated rings. The molecule has 25 heavy (non-hydrogen) atoms.